The third-order valence-corrected chi connectivity index (χ3v) is 5.07. The second-order valence-corrected chi connectivity index (χ2v) is 6.93. The molecule has 3 rings (SSSR count). The van der Waals surface area contributed by atoms with Crippen molar-refractivity contribution in [2.75, 3.05) is 5.73 Å². The highest BCUT2D eigenvalue weighted by Gasteiger charge is 2.17. The minimum absolute atomic E-state index is 0.227. The first-order valence-electron chi connectivity index (χ1n) is 9.14. The zero-order valence-electron chi connectivity index (χ0n) is 14.2. The number of nitrogens with two attached hydrogens (primary N) is 1. The van der Waals surface area contributed by atoms with Crippen LogP contribution in [0.2, 0.25) is 5.82 Å². The van der Waals surface area contributed by atoms with Crippen LogP contribution in [0.1, 0.15) is 51.4 Å². The number of hydrogen-bond acceptors (Lipinski definition) is 4. The van der Waals surface area contributed by atoms with Gasteiger partial charge in [-0.15, -0.1) is 10.2 Å². The van der Waals surface area contributed by atoms with E-state index in [9.17, 15) is 5.11 Å². The number of benzene rings is 1. The molecule has 126 valence electrons. The van der Waals surface area contributed by atoms with E-state index in [-0.39, 0.29) is 5.75 Å². The summed E-state index contributed by atoms with van der Waals surface area (Å²) in [5.41, 5.74) is 8.55. The van der Waals surface area contributed by atoms with E-state index in [0.29, 0.717) is 22.9 Å². The van der Waals surface area contributed by atoms with E-state index in [2.05, 4.69) is 10.2 Å². The van der Waals surface area contributed by atoms with Crippen LogP contribution in [-0.4, -0.2) is 22.6 Å². The quantitative estimate of drug-likeness (QED) is 0.849. The maximum atomic E-state index is 10.0. The number of aromatic hydroxyl groups is 1. The highest BCUT2D eigenvalue weighted by molar-refractivity contribution is 6.56. The van der Waals surface area contributed by atoms with Crippen LogP contribution in [0, 0.1) is 0 Å². The van der Waals surface area contributed by atoms with Crippen LogP contribution in [0.3, 0.4) is 0 Å². The van der Waals surface area contributed by atoms with Crippen molar-refractivity contribution in [1.82, 2.24) is 10.2 Å². The van der Waals surface area contributed by atoms with Gasteiger partial charge in [0.2, 0.25) is 0 Å². The first-order chi connectivity index (χ1) is 11.7. The van der Waals surface area contributed by atoms with E-state index in [1.54, 1.807) is 6.07 Å². The van der Waals surface area contributed by atoms with Crippen molar-refractivity contribution in [2.45, 2.75) is 57.2 Å². The summed E-state index contributed by atoms with van der Waals surface area (Å²) in [6, 6.07) is 9.24. The topological polar surface area (TPSA) is 72.0 Å². The van der Waals surface area contributed by atoms with Gasteiger partial charge in [0.05, 0.1) is 5.69 Å². The number of nitrogens with zero attached hydrogens (tertiary/aromatic N) is 2. The molecule has 0 amide bonds. The summed E-state index contributed by atoms with van der Waals surface area (Å²) in [7, 11) is 0.960. The molecule has 0 radical (unpaired) electrons. The molecule has 4 nitrogen and oxygen atoms in total. The molecule has 5 heteroatoms. The molecule has 24 heavy (non-hydrogen) atoms. The average Bonchev–Trinajstić information content (AvgIpc) is 2.71. The van der Waals surface area contributed by atoms with Gasteiger partial charge in [0, 0.05) is 5.56 Å². The summed E-state index contributed by atoms with van der Waals surface area (Å²) in [5, 5.41) is 18.4. The van der Waals surface area contributed by atoms with Gasteiger partial charge in [0.1, 0.15) is 11.6 Å². The molecule has 1 aliphatic carbocycles. The Hall–Kier alpha value is -2.04. The molecule has 0 atom stereocenters. The summed E-state index contributed by atoms with van der Waals surface area (Å²) in [6.45, 7) is 0. The number of anilines is 1. The minimum atomic E-state index is 0.227. The average molecular weight is 323 g/mol. The molecule has 3 N–H and O–H groups in total. The molecule has 1 aromatic heterocycles. The molecule has 0 unspecified atom stereocenters. The van der Waals surface area contributed by atoms with Gasteiger partial charge >= 0.3 is 0 Å². The Morgan fingerprint density at radius 2 is 1.62 bits per heavy atom. The third-order valence-electron chi connectivity index (χ3n) is 5.07. The lowest BCUT2D eigenvalue weighted by Gasteiger charge is -2.16. The Morgan fingerprint density at radius 3 is 2.33 bits per heavy atom. The van der Waals surface area contributed by atoms with Crippen molar-refractivity contribution in [2.24, 2.45) is 0 Å². The number of para-hydroxylation sites is 1. The van der Waals surface area contributed by atoms with Gasteiger partial charge in [-0.25, -0.2) is 0 Å². The fourth-order valence-corrected chi connectivity index (χ4v) is 3.66. The monoisotopic (exact) mass is 323 g/mol. The zero-order chi connectivity index (χ0) is 16.8. The minimum Gasteiger partial charge on any atom is -0.507 e. The molecule has 0 spiro atoms. The molecule has 1 saturated carbocycles. The van der Waals surface area contributed by atoms with Crippen molar-refractivity contribution < 1.29 is 5.11 Å². The van der Waals surface area contributed by atoms with Crippen LogP contribution in [-0.2, 0) is 0 Å². The molecule has 1 aromatic carbocycles. The number of hydrogen-bond donors (Lipinski definition) is 2. The summed E-state index contributed by atoms with van der Waals surface area (Å²) < 4.78 is 0. The Morgan fingerprint density at radius 1 is 0.958 bits per heavy atom. The number of phenolic OH excluding ortho intramolecular Hbond substituents is 1. The number of nitrogen functional groups attached to an aromatic ring is 1. The predicted octanol–water partition coefficient (Wildman–Crippen LogP) is 3.42. The summed E-state index contributed by atoms with van der Waals surface area (Å²) in [5.74, 6) is 1.42. The zero-order valence-corrected chi connectivity index (χ0v) is 14.2. The highest BCUT2D eigenvalue weighted by atomic mass is 16.3. The van der Waals surface area contributed by atoms with Crippen LogP contribution in [0.15, 0.2) is 30.3 Å². The van der Waals surface area contributed by atoms with Gasteiger partial charge in [0.15, 0.2) is 7.28 Å². The largest absolute Gasteiger partial charge is 0.507 e. The Kier molecular flexibility index (Phi) is 5.73. The standard InChI is InChI=1S/C19H26BN3O/c21-19-16(20-14-9-5-3-1-2-4-6-10-14)13-17(22-23-19)15-11-7-8-12-18(15)24/h7-8,11-14,20,24H,1-6,9-10H2,(H2,21,23). The maximum absolute atomic E-state index is 10.0. The first-order valence-corrected chi connectivity index (χ1v) is 9.14. The summed E-state index contributed by atoms with van der Waals surface area (Å²) in [6.07, 6.45) is 10.6. The molecule has 0 saturated heterocycles. The molecule has 2 aromatic rings. The third kappa shape index (κ3) is 4.28. The summed E-state index contributed by atoms with van der Waals surface area (Å²) in [4.78, 5) is 0. The molecule has 1 aliphatic rings. The van der Waals surface area contributed by atoms with E-state index in [4.69, 9.17) is 5.73 Å². The number of phenols is 1. The summed E-state index contributed by atoms with van der Waals surface area (Å²) >= 11 is 0. The lowest BCUT2D eigenvalue weighted by Crippen LogP contribution is -2.25. The van der Waals surface area contributed by atoms with E-state index in [1.165, 1.54) is 51.4 Å². The lowest BCUT2D eigenvalue weighted by molar-refractivity contribution is 0.477. The predicted molar refractivity (Wildman–Crippen MR) is 101 cm³/mol. The van der Waals surface area contributed by atoms with Crippen LogP contribution in [0.5, 0.6) is 5.75 Å². The fourth-order valence-electron chi connectivity index (χ4n) is 3.66. The van der Waals surface area contributed by atoms with Gasteiger partial charge in [0.25, 0.3) is 0 Å². The van der Waals surface area contributed by atoms with Crippen molar-refractivity contribution in [3.05, 3.63) is 30.3 Å². The molecule has 0 aliphatic heterocycles. The molecule has 1 heterocycles. The smallest absolute Gasteiger partial charge is 0.165 e. The second-order valence-electron chi connectivity index (χ2n) is 6.93. The van der Waals surface area contributed by atoms with Crippen molar-refractivity contribution in [3.63, 3.8) is 0 Å². The fraction of sp³-hybridized carbons (Fsp3) is 0.474. The number of rotatable bonds is 3. The molecular weight excluding hydrogens is 297 g/mol. The van der Waals surface area contributed by atoms with Crippen molar-refractivity contribution in [1.29, 1.82) is 0 Å². The van der Waals surface area contributed by atoms with Gasteiger partial charge in [-0.1, -0.05) is 69.3 Å². The van der Waals surface area contributed by atoms with Crippen molar-refractivity contribution in [3.8, 4) is 17.0 Å². The SMILES string of the molecule is Nc1nnc(-c2ccccc2O)cc1BC1CCCCCCCC1. The second kappa shape index (κ2) is 8.18. The van der Waals surface area contributed by atoms with Crippen molar-refractivity contribution >= 4 is 18.6 Å². The normalized spacial score (nSPS) is 16.8. The maximum Gasteiger partial charge on any atom is 0.165 e. The van der Waals surface area contributed by atoms with E-state index < -0.39 is 0 Å². The van der Waals surface area contributed by atoms with E-state index in [1.807, 2.05) is 24.3 Å². The van der Waals surface area contributed by atoms with E-state index >= 15 is 0 Å². The van der Waals surface area contributed by atoms with Gasteiger partial charge in [-0.3, -0.25) is 0 Å². The molecular formula is C19H26BN3O. The Labute approximate surface area is 144 Å². The molecule has 1 fully saturated rings. The highest BCUT2D eigenvalue weighted by Crippen LogP contribution is 2.28. The number of aromatic nitrogens is 2. The Balaban J connectivity index is 1.79. The first kappa shape index (κ1) is 16.8. The van der Waals surface area contributed by atoms with Gasteiger partial charge in [-0.2, -0.15) is 0 Å². The molecule has 0 bridgehead atoms. The lowest BCUT2D eigenvalue weighted by atomic mass is 9.56. The van der Waals surface area contributed by atoms with Crippen LogP contribution < -0.4 is 11.2 Å². The van der Waals surface area contributed by atoms with E-state index in [0.717, 1.165) is 12.7 Å². The van der Waals surface area contributed by atoms with Crippen LogP contribution in [0.25, 0.3) is 11.3 Å². The van der Waals surface area contributed by atoms with Gasteiger partial charge < -0.3 is 10.8 Å². The van der Waals surface area contributed by atoms with Crippen LogP contribution in [0.4, 0.5) is 5.82 Å². The Bertz CT molecular complexity index is 667. The van der Waals surface area contributed by atoms with Crippen LogP contribution >= 0.6 is 0 Å². The van der Waals surface area contributed by atoms with Gasteiger partial charge in [-0.05, 0) is 23.7 Å².